The summed E-state index contributed by atoms with van der Waals surface area (Å²) in [4.78, 5) is 14.4. The van der Waals surface area contributed by atoms with Gasteiger partial charge in [-0.25, -0.2) is 0 Å². The summed E-state index contributed by atoms with van der Waals surface area (Å²) in [6.07, 6.45) is 0.976. The van der Waals surface area contributed by atoms with Gasteiger partial charge in [0, 0.05) is 30.4 Å². The largest absolute Gasteiger partial charge is 0.326 e. The monoisotopic (exact) mass is 245 g/mol. The minimum atomic E-state index is -0.146. The summed E-state index contributed by atoms with van der Waals surface area (Å²) < 4.78 is 0. The van der Waals surface area contributed by atoms with Gasteiger partial charge in [0.15, 0.2) is 0 Å². The first-order valence-electron chi connectivity index (χ1n) is 6.48. The summed E-state index contributed by atoms with van der Waals surface area (Å²) in [7, 11) is 0. The average Bonchev–Trinajstić information content (AvgIpc) is 2.82. The lowest BCUT2D eigenvalue weighted by atomic mass is 10.0. The standard InChI is InChI=1S/C14H19N3O/c1-8-5-9(2)12-11(6-8)13(14(18)16-12)17-4-3-10(15)7-17/h5-6,10,13H,3-4,7,15H2,1-2H3,(H,16,18). The van der Waals surface area contributed by atoms with Crippen LogP contribution in [0.3, 0.4) is 0 Å². The summed E-state index contributed by atoms with van der Waals surface area (Å²) >= 11 is 0. The van der Waals surface area contributed by atoms with Crippen molar-refractivity contribution in [1.29, 1.82) is 0 Å². The second-order valence-corrected chi connectivity index (χ2v) is 5.48. The summed E-state index contributed by atoms with van der Waals surface area (Å²) in [6, 6.07) is 4.28. The summed E-state index contributed by atoms with van der Waals surface area (Å²) in [5.41, 5.74) is 10.4. The van der Waals surface area contributed by atoms with E-state index in [9.17, 15) is 4.79 Å². The number of aryl methyl sites for hydroxylation is 2. The molecule has 96 valence electrons. The molecule has 3 rings (SSSR count). The molecule has 1 amide bonds. The Hall–Kier alpha value is -1.39. The van der Waals surface area contributed by atoms with E-state index < -0.39 is 0 Å². The molecule has 0 aliphatic carbocycles. The molecular weight excluding hydrogens is 226 g/mol. The summed E-state index contributed by atoms with van der Waals surface area (Å²) in [5.74, 6) is 0.0906. The number of hydrogen-bond acceptors (Lipinski definition) is 3. The lowest BCUT2D eigenvalue weighted by Crippen LogP contribution is -2.33. The van der Waals surface area contributed by atoms with Gasteiger partial charge in [-0.1, -0.05) is 17.7 Å². The van der Waals surface area contributed by atoms with E-state index in [1.165, 1.54) is 5.56 Å². The van der Waals surface area contributed by atoms with Crippen LogP contribution in [0, 0.1) is 13.8 Å². The molecule has 0 saturated carbocycles. The molecule has 4 nitrogen and oxygen atoms in total. The minimum Gasteiger partial charge on any atom is -0.326 e. The van der Waals surface area contributed by atoms with E-state index in [2.05, 4.69) is 29.3 Å². The number of carbonyl (C=O) groups excluding carboxylic acids is 1. The predicted molar refractivity (Wildman–Crippen MR) is 71.5 cm³/mol. The number of anilines is 1. The molecule has 0 aromatic heterocycles. The Bertz CT molecular complexity index is 512. The van der Waals surface area contributed by atoms with Crippen LogP contribution in [-0.2, 0) is 4.79 Å². The second kappa shape index (κ2) is 4.07. The molecule has 0 bridgehead atoms. The number of amides is 1. The number of likely N-dealkylation sites (tertiary alicyclic amines) is 1. The number of fused-ring (bicyclic) bond motifs is 1. The third-order valence-electron chi connectivity index (χ3n) is 3.92. The van der Waals surface area contributed by atoms with Gasteiger partial charge in [-0.3, -0.25) is 9.69 Å². The molecule has 18 heavy (non-hydrogen) atoms. The van der Waals surface area contributed by atoms with E-state index in [0.717, 1.165) is 36.3 Å². The maximum absolute atomic E-state index is 12.2. The van der Waals surface area contributed by atoms with Crippen LogP contribution in [0.15, 0.2) is 12.1 Å². The third kappa shape index (κ3) is 1.72. The number of hydrogen-bond donors (Lipinski definition) is 2. The number of rotatable bonds is 1. The molecule has 2 atom stereocenters. The van der Waals surface area contributed by atoms with Gasteiger partial charge in [0.05, 0.1) is 0 Å². The highest BCUT2D eigenvalue weighted by molar-refractivity contribution is 6.03. The van der Waals surface area contributed by atoms with E-state index in [4.69, 9.17) is 5.73 Å². The maximum atomic E-state index is 12.2. The van der Waals surface area contributed by atoms with Crippen molar-refractivity contribution in [2.45, 2.75) is 32.4 Å². The van der Waals surface area contributed by atoms with Crippen molar-refractivity contribution in [2.24, 2.45) is 5.73 Å². The molecule has 1 saturated heterocycles. The molecule has 2 unspecified atom stereocenters. The van der Waals surface area contributed by atoms with Crippen molar-refractivity contribution >= 4 is 11.6 Å². The zero-order valence-electron chi connectivity index (χ0n) is 10.9. The van der Waals surface area contributed by atoms with Gasteiger partial charge < -0.3 is 11.1 Å². The highest BCUT2D eigenvalue weighted by Gasteiger charge is 2.38. The van der Waals surface area contributed by atoms with Crippen molar-refractivity contribution in [2.75, 3.05) is 18.4 Å². The molecule has 0 spiro atoms. The van der Waals surface area contributed by atoms with E-state index >= 15 is 0 Å². The van der Waals surface area contributed by atoms with Crippen LogP contribution >= 0.6 is 0 Å². The Morgan fingerprint density at radius 2 is 2.17 bits per heavy atom. The first-order chi connectivity index (χ1) is 8.56. The van der Waals surface area contributed by atoms with Crippen molar-refractivity contribution in [1.82, 2.24) is 4.90 Å². The number of nitrogens with two attached hydrogens (primary N) is 1. The summed E-state index contributed by atoms with van der Waals surface area (Å²) in [6.45, 7) is 5.84. The third-order valence-corrected chi connectivity index (χ3v) is 3.92. The first-order valence-corrected chi connectivity index (χ1v) is 6.48. The van der Waals surface area contributed by atoms with E-state index in [-0.39, 0.29) is 18.0 Å². The number of nitrogens with zero attached hydrogens (tertiary/aromatic N) is 1. The fraction of sp³-hybridized carbons (Fsp3) is 0.500. The van der Waals surface area contributed by atoms with Crippen LogP contribution in [0.2, 0.25) is 0 Å². The lowest BCUT2D eigenvalue weighted by Gasteiger charge is -2.22. The number of nitrogens with one attached hydrogen (secondary N) is 1. The molecule has 1 aromatic carbocycles. The Balaban J connectivity index is 2.01. The highest BCUT2D eigenvalue weighted by atomic mass is 16.2. The van der Waals surface area contributed by atoms with Crippen molar-refractivity contribution < 1.29 is 4.79 Å². The lowest BCUT2D eigenvalue weighted by molar-refractivity contribution is -0.120. The SMILES string of the molecule is Cc1cc(C)c2c(c1)C(N1CCC(N)C1)C(=O)N2. The van der Waals surface area contributed by atoms with Gasteiger partial charge in [0.25, 0.3) is 0 Å². The van der Waals surface area contributed by atoms with Crippen molar-refractivity contribution in [3.05, 3.63) is 28.8 Å². The minimum absolute atomic E-state index is 0.0906. The molecule has 2 heterocycles. The average molecular weight is 245 g/mol. The van der Waals surface area contributed by atoms with Gasteiger partial charge in [-0.15, -0.1) is 0 Å². The fourth-order valence-electron chi connectivity index (χ4n) is 3.13. The van der Waals surface area contributed by atoms with E-state index in [1.54, 1.807) is 0 Å². The van der Waals surface area contributed by atoms with Crippen molar-refractivity contribution in [3.8, 4) is 0 Å². The van der Waals surface area contributed by atoms with Crippen LogP contribution < -0.4 is 11.1 Å². The smallest absolute Gasteiger partial charge is 0.246 e. The molecule has 1 fully saturated rings. The molecule has 4 heteroatoms. The predicted octanol–water partition coefficient (Wildman–Crippen LogP) is 1.33. The summed E-state index contributed by atoms with van der Waals surface area (Å²) in [5, 5.41) is 3.01. The van der Waals surface area contributed by atoms with Crippen LogP contribution in [0.5, 0.6) is 0 Å². The highest BCUT2D eigenvalue weighted by Crippen LogP contribution is 2.38. The van der Waals surface area contributed by atoms with Crippen LogP contribution in [0.25, 0.3) is 0 Å². The fourth-order valence-corrected chi connectivity index (χ4v) is 3.13. The molecule has 0 radical (unpaired) electrons. The number of benzene rings is 1. The van der Waals surface area contributed by atoms with Gasteiger partial charge in [0.1, 0.15) is 6.04 Å². The van der Waals surface area contributed by atoms with Crippen LogP contribution in [-0.4, -0.2) is 29.9 Å². The number of carbonyl (C=O) groups is 1. The second-order valence-electron chi connectivity index (χ2n) is 5.48. The first kappa shape index (κ1) is 11.7. The van der Waals surface area contributed by atoms with Gasteiger partial charge in [-0.05, 0) is 25.8 Å². The normalized spacial score (nSPS) is 27.4. The van der Waals surface area contributed by atoms with Crippen molar-refractivity contribution in [3.63, 3.8) is 0 Å². The zero-order valence-corrected chi connectivity index (χ0v) is 10.9. The van der Waals surface area contributed by atoms with Gasteiger partial charge in [0.2, 0.25) is 5.91 Å². The Morgan fingerprint density at radius 1 is 1.39 bits per heavy atom. The topological polar surface area (TPSA) is 58.4 Å². The zero-order chi connectivity index (χ0) is 12.9. The molecular formula is C14H19N3O. The maximum Gasteiger partial charge on any atom is 0.246 e. The Kier molecular flexibility index (Phi) is 2.64. The Labute approximate surface area is 107 Å². The van der Waals surface area contributed by atoms with E-state index in [0.29, 0.717) is 0 Å². The Morgan fingerprint density at radius 3 is 2.83 bits per heavy atom. The molecule has 2 aliphatic heterocycles. The molecule has 2 aliphatic rings. The van der Waals surface area contributed by atoms with Crippen LogP contribution in [0.1, 0.15) is 29.2 Å². The van der Waals surface area contributed by atoms with Crippen LogP contribution in [0.4, 0.5) is 5.69 Å². The molecule has 1 aromatic rings. The van der Waals surface area contributed by atoms with E-state index in [1.807, 2.05) is 6.92 Å². The van der Waals surface area contributed by atoms with Gasteiger partial charge >= 0.3 is 0 Å². The molecule has 3 N–H and O–H groups in total. The quantitative estimate of drug-likeness (QED) is 0.784. The van der Waals surface area contributed by atoms with Gasteiger partial charge in [-0.2, -0.15) is 0 Å².